The van der Waals surface area contributed by atoms with Crippen molar-refractivity contribution < 1.29 is 19.2 Å². The van der Waals surface area contributed by atoms with Crippen LogP contribution in [-0.4, -0.2) is 34.4 Å². The minimum Gasteiger partial charge on any atom is -0.482 e. The first kappa shape index (κ1) is 14.5. The lowest BCUT2D eigenvalue weighted by atomic mass is 10.1. The van der Waals surface area contributed by atoms with Gasteiger partial charge in [-0.05, 0) is 11.6 Å². The van der Waals surface area contributed by atoms with Gasteiger partial charge in [-0.3, -0.25) is 14.8 Å². The molecule has 21 heavy (non-hydrogen) atoms. The van der Waals surface area contributed by atoms with Gasteiger partial charge in [-0.2, -0.15) is 5.10 Å². The van der Waals surface area contributed by atoms with Gasteiger partial charge in [0.05, 0.1) is 24.3 Å². The summed E-state index contributed by atoms with van der Waals surface area (Å²) in [6.07, 6.45) is 3.31. The maximum atomic E-state index is 11.1. The number of nitrogens with zero attached hydrogens (tertiary/aromatic N) is 3. The van der Waals surface area contributed by atoms with Crippen molar-refractivity contribution in [2.24, 2.45) is 7.05 Å². The van der Waals surface area contributed by atoms with Crippen molar-refractivity contribution in [2.45, 2.75) is 0 Å². The zero-order chi connectivity index (χ0) is 15.4. The Hall–Kier alpha value is -2.90. The van der Waals surface area contributed by atoms with E-state index in [-0.39, 0.29) is 18.0 Å². The summed E-state index contributed by atoms with van der Waals surface area (Å²) < 4.78 is 11.3. The topological polar surface area (TPSA) is 96.5 Å². The first-order chi connectivity index (χ1) is 9.99. The fourth-order valence-corrected chi connectivity index (χ4v) is 1.71. The summed E-state index contributed by atoms with van der Waals surface area (Å²) in [4.78, 5) is 21.5. The van der Waals surface area contributed by atoms with E-state index in [4.69, 9.17) is 4.74 Å². The van der Waals surface area contributed by atoms with E-state index in [2.05, 4.69) is 9.84 Å². The molecular formula is C13H13N3O5. The molecule has 0 atom stereocenters. The van der Waals surface area contributed by atoms with Crippen LogP contribution in [0.3, 0.4) is 0 Å². The van der Waals surface area contributed by atoms with E-state index < -0.39 is 10.9 Å². The molecule has 0 spiro atoms. The highest BCUT2D eigenvalue weighted by molar-refractivity contribution is 5.71. The Bertz CT molecular complexity index is 680. The monoisotopic (exact) mass is 291 g/mol. The molecule has 0 unspecified atom stereocenters. The van der Waals surface area contributed by atoms with Crippen LogP contribution in [-0.2, 0) is 16.6 Å². The number of aryl methyl sites for hydroxylation is 1. The Labute approximate surface area is 120 Å². The zero-order valence-corrected chi connectivity index (χ0v) is 11.5. The Morgan fingerprint density at radius 2 is 2.14 bits per heavy atom. The fourth-order valence-electron chi connectivity index (χ4n) is 1.71. The van der Waals surface area contributed by atoms with Crippen molar-refractivity contribution in [3.8, 4) is 16.9 Å². The number of hydrogen-bond donors (Lipinski definition) is 0. The molecule has 110 valence electrons. The summed E-state index contributed by atoms with van der Waals surface area (Å²) in [5, 5.41) is 15.0. The van der Waals surface area contributed by atoms with Crippen LogP contribution >= 0.6 is 0 Å². The number of ether oxygens (including phenoxy) is 2. The standard InChI is InChI=1S/C13H13N3O5/c1-15-7-10(6-14-15)9-3-11(16(18)19)5-12(4-9)21-8-13(17)20-2/h3-7H,8H2,1-2H3. The summed E-state index contributed by atoms with van der Waals surface area (Å²) in [6.45, 7) is -0.315. The van der Waals surface area contributed by atoms with Crippen molar-refractivity contribution in [3.05, 3.63) is 40.7 Å². The van der Waals surface area contributed by atoms with E-state index in [1.54, 1.807) is 30.2 Å². The van der Waals surface area contributed by atoms with Crippen LogP contribution in [0.15, 0.2) is 30.6 Å². The van der Waals surface area contributed by atoms with Crippen LogP contribution in [0, 0.1) is 10.1 Å². The summed E-state index contributed by atoms with van der Waals surface area (Å²) in [6, 6.07) is 4.28. The third-order valence-electron chi connectivity index (χ3n) is 2.72. The van der Waals surface area contributed by atoms with E-state index in [1.165, 1.54) is 19.2 Å². The highest BCUT2D eigenvalue weighted by atomic mass is 16.6. The van der Waals surface area contributed by atoms with Gasteiger partial charge in [0, 0.05) is 24.9 Å². The Morgan fingerprint density at radius 1 is 1.38 bits per heavy atom. The third-order valence-corrected chi connectivity index (χ3v) is 2.72. The maximum Gasteiger partial charge on any atom is 0.343 e. The number of nitro groups is 1. The molecule has 0 radical (unpaired) electrons. The molecule has 2 aromatic rings. The highest BCUT2D eigenvalue weighted by Crippen LogP contribution is 2.29. The number of aromatic nitrogens is 2. The maximum absolute atomic E-state index is 11.1. The van der Waals surface area contributed by atoms with Crippen LogP contribution in [0.2, 0.25) is 0 Å². The summed E-state index contributed by atoms with van der Waals surface area (Å²) in [5.41, 5.74) is 1.16. The molecule has 0 bridgehead atoms. The molecule has 8 nitrogen and oxygen atoms in total. The quantitative estimate of drug-likeness (QED) is 0.471. The first-order valence-electron chi connectivity index (χ1n) is 5.97. The second kappa shape index (κ2) is 6.04. The van der Waals surface area contributed by atoms with E-state index in [9.17, 15) is 14.9 Å². The van der Waals surface area contributed by atoms with E-state index in [0.717, 1.165) is 0 Å². The number of rotatable bonds is 5. The molecule has 2 rings (SSSR count). The van der Waals surface area contributed by atoms with Crippen molar-refractivity contribution in [1.29, 1.82) is 0 Å². The van der Waals surface area contributed by atoms with Gasteiger partial charge in [-0.15, -0.1) is 0 Å². The number of carbonyl (C=O) groups is 1. The van der Waals surface area contributed by atoms with Crippen LogP contribution in [0.25, 0.3) is 11.1 Å². The highest BCUT2D eigenvalue weighted by Gasteiger charge is 2.13. The average Bonchev–Trinajstić information content (AvgIpc) is 2.91. The molecule has 0 saturated carbocycles. The summed E-state index contributed by atoms with van der Waals surface area (Å²) in [7, 11) is 2.98. The Morgan fingerprint density at radius 3 is 2.71 bits per heavy atom. The average molecular weight is 291 g/mol. The SMILES string of the molecule is COC(=O)COc1cc(-c2cnn(C)c2)cc([N+](=O)[O-])c1. The van der Waals surface area contributed by atoms with Crippen LogP contribution in [0.4, 0.5) is 5.69 Å². The number of carbonyl (C=O) groups excluding carboxylic acids is 1. The lowest BCUT2D eigenvalue weighted by Crippen LogP contribution is -2.12. The molecule has 1 aromatic carbocycles. The number of esters is 1. The van der Waals surface area contributed by atoms with Gasteiger partial charge in [-0.25, -0.2) is 4.79 Å². The van der Waals surface area contributed by atoms with Crippen LogP contribution in [0.5, 0.6) is 5.75 Å². The zero-order valence-electron chi connectivity index (χ0n) is 11.5. The molecule has 8 heteroatoms. The number of hydrogen-bond acceptors (Lipinski definition) is 6. The molecular weight excluding hydrogens is 278 g/mol. The molecule has 0 amide bonds. The number of nitro benzene ring substituents is 1. The smallest absolute Gasteiger partial charge is 0.343 e. The van der Waals surface area contributed by atoms with Gasteiger partial charge < -0.3 is 9.47 Å². The lowest BCUT2D eigenvalue weighted by Gasteiger charge is -2.06. The van der Waals surface area contributed by atoms with E-state index in [0.29, 0.717) is 11.1 Å². The molecule has 0 aliphatic rings. The molecule has 0 N–H and O–H groups in total. The molecule has 0 aliphatic heterocycles. The van der Waals surface area contributed by atoms with Crippen molar-refractivity contribution in [1.82, 2.24) is 9.78 Å². The van der Waals surface area contributed by atoms with Crippen molar-refractivity contribution in [3.63, 3.8) is 0 Å². The summed E-state index contributed by atoms with van der Waals surface area (Å²) in [5.74, 6) is -0.349. The van der Waals surface area contributed by atoms with E-state index in [1.807, 2.05) is 0 Å². The predicted molar refractivity (Wildman–Crippen MR) is 72.8 cm³/mol. The first-order valence-corrected chi connectivity index (χ1v) is 5.97. The van der Waals surface area contributed by atoms with Gasteiger partial charge >= 0.3 is 5.97 Å². The van der Waals surface area contributed by atoms with Gasteiger partial charge in [0.15, 0.2) is 6.61 Å². The number of benzene rings is 1. The molecule has 0 saturated heterocycles. The molecule has 0 aliphatic carbocycles. The van der Waals surface area contributed by atoms with Gasteiger partial charge in [0.2, 0.25) is 0 Å². The Balaban J connectivity index is 2.34. The normalized spacial score (nSPS) is 10.2. The minimum absolute atomic E-state index is 0.129. The van der Waals surface area contributed by atoms with Crippen molar-refractivity contribution >= 4 is 11.7 Å². The lowest BCUT2D eigenvalue weighted by molar-refractivity contribution is -0.384. The summed E-state index contributed by atoms with van der Waals surface area (Å²) >= 11 is 0. The van der Waals surface area contributed by atoms with Gasteiger partial charge in [0.25, 0.3) is 5.69 Å². The molecule has 0 fully saturated rings. The van der Waals surface area contributed by atoms with Crippen LogP contribution in [0.1, 0.15) is 0 Å². The molecule has 1 aromatic heterocycles. The minimum atomic E-state index is -0.565. The predicted octanol–water partition coefficient (Wildman–Crippen LogP) is 1.55. The fraction of sp³-hybridized carbons (Fsp3) is 0.231. The van der Waals surface area contributed by atoms with Gasteiger partial charge in [-0.1, -0.05) is 0 Å². The number of non-ortho nitro benzene ring substituents is 1. The number of methoxy groups -OCH3 is 1. The van der Waals surface area contributed by atoms with Gasteiger partial charge in [0.1, 0.15) is 5.75 Å². The largest absolute Gasteiger partial charge is 0.482 e. The second-order valence-electron chi connectivity index (χ2n) is 4.24. The van der Waals surface area contributed by atoms with Crippen LogP contribution < -0.4 is 4.74 Å². The third kappa shape index (κ3) is 3.56. The Kier molecular flexibility index (Phi) is 4.17. The van der Waals surface area contributed by atoms with Crippen molar-refractivity contribution in [2.75, 3.05) is 13.7 Å². The second-order valence-corrected chi connectivity index (χ2v) is 4.24. The molecule has 1 heterocycles. The van der Waals surface area contributed by atoms with E-state index >= 15 is 0 Å².